The Balaban J connectivity index is 2.25. The predicted molar refractivity (Wildman–Crippen MR) is 80.2 cm³/mol. The van der Waals surface area contributed by atoms with Gasteiger partial charge in [0.05, 0.1) is 11.5 Å². The fourth-order valence-corrected chi connectivity index (χ4v) is 3.88. The van der Waals surface area contributed by atoms with E-state index in [1.807, 2.05) is 13.1 Å². The van der Waals surface area contributed by atoms with Crippen LogP contribution in [0.4, 0.5) is 5.82 Å². The Bertz CT molecular complexity index is 548. The molecule has 5 nitrogen and oxygen atoms in total. The van der Waals surface area contributed by atoms with Crippen LogP contribution in [-0.2, 0) is 16.4 Å². The molecule has 0 spiro atoms. The van der Waals surface area contributed by atoms with Crippen LogP contribution in [0.3, 0.4) is 0 Å². The van der Waals surface area contributed by atoms with E-state index in [1.54, 1.807) is 6.20 Å². The van der Waals surface area contributed by atoms with E-state index in [0.717, 1.165) is 22.4 Å². The first-order valence-corrected chi connectivity index (χ1v) is 8.88. The van der Waals surface area contributed by atoms with Crippen LogP contribution in [0.25, 0.3) is 0 Å². The van der Waals surface area contributed by atoms with Gasteiger partial charge in [-0.25, -0.2) is 13.4 Å². The van der Waals surface area contributed by atoms with Gasteiger partial charge >= 0.3 is 0 Å². The molecule has 0 amide bonds. The highest BCUT2D eigenvalue weighted by molar-refractivity contribution is 9.10. The summed E-state index contributed by atoms with van der Waals surface area (Å²) >= 11 is 3.42. The monoisotopic (exact) mass is 347 g/mol. The van der Waals surface area contributed by atoms with Gasteiger partial charge in [0.1, 0.15) is 5.82 Å². The van der Waals surface area contributed by atoms with Crippen molar-refractivity contribution in [2.75, 3.05) is 36.5 Å². The van der Waals surface area contributed by atoms with Crippen molar-refractivity contribution < 1.29 is 8.42 Å². The summed E-state index contributed by atoms with van der Waals surface area (Å²) < 4.78 is 24.2. The molecule has 7 heteroatoms. The van der Waals surface area contributed by atoms with E-state index in [0.29, 0.717) is 19.5 Å². The van der Waals surface area contributed by atoms with Crippen molar-refractivity contribution in [3.05, 3.63) is 22.3 Å². The highest BCUT2D eigenvalue weighted by Gasteiger charge is 2.21. The maximum Gasteiger partial charge on any atom is 0.152 e. The minimum Gasteiger partial charge on any atom is -0.355 e. The lowest BCUT2D eigenvalue weighted by molar-refractivity contribution is 0.597. The second-order valence-electron chi connectivity index (χ2n) is 4.66. The van der Waals surface area contributed by atoms with Gasteiger partial charge in [-0.3, -0.25) is 0 Å². The molecule has 1 aliphatic heterocycles. The summed E-state index contributed by atoms with van der Waals surface area (Å²) in [6.07, 6.45) is 2.42. The fourth-order valence-electron chi connectivity index (χ4n) is 2.23. The number of rotatable bonds is 3. The third kappa shape index (κ3) is 3.90. The molecule has 0 aromatic carbocycles. The first-order valence-electron chi connectivity index (χ1n) is 6.26. The predicted octanol–water partition coefficient (Wildman–Crippen LogP) is 1.19. The van der Waals surface area contributed by atoms with Gasteiger partial charge in [0, 0.05) is 35.9 Å². The fraction of sp³-hybridized carbons (Fsp3) is 0.583. The number of sulfone groups is 1. The number of anilines is 1. The van der Waals surface area contributed by atoms with Gasteiger partial charge in [0.2, 0.25) is 0 Å². The number of aromatic nitrogens is 1. The third-order valence-electron chi connectivity index (χ3n) is 3.13. The van der Waals surface area contributed by atoms with Crippen LogP contribution in [0.5, 0.6) is 0 Å². The van der Waals surface area contributed by atoms with E-state index >= 15 is 0 Å². The summed E-state index contributed by atoms with van der Waals surface area (Å²) in [5.74, 6) is 1.38. The molecule has 0 unspecified atom stereocenters. The Morgan fingerprint density at radius 2 is 2.21 bits per heavy atom. The zero-order chi connectivity index (χ0) is 13.9. The SMILES string of the molecule is CNCc1cc(Br)cnc1N1CCCS(=O)(=O)CC1. The van der Waals surface area contributed by atoms with Gasteiger partial charge in [-0.1, -0.05) is 0 Å². The van der Waals surface area contributed by atoms with E-state index in [1.165, 1.54) is 0 Å². The van der Waals surface area contributed by atoms with Crippen LogP contribution in [0.15, 0.2) is 16.7 Å². The average molecular weight is 348 g/mol. The maximum atomic E-state index is 11.6. The van der Waals surface area contributed by atoms with Crippen LogP contribution in [0, 0.1) is 0 Å². The van der Waals surface area contributed by atoms with Crippen molar-refractivity contribution in [1.82, 2.24) is 10.3 Å². The number of nitrogens with zero attached hydrogens (tertiary/aromatic N) is 2. The summed E-state index contributed by atoms with van der Waals surface area (Å²) in [6, 6.07) is 2.03. The Hall–Kier alpha value is -0.660. The van der Waals surface area contributed by atoms with Gasteiger partial charge in [0.15, 0.2) is 9.84 Å². The molecule has 0 aliphatic carbocycles. The van der Waals surface area contributed by atoms with Gasteiger partial charge in [-0.05, 0) is 35.5 Å². The quantitative estimate of drug-likeness (QED) is 0.889. The van der Waals surface area contributed by atoms with Crippen molar-refractivity contribution in [2.24, 2.45) is 0 Å². The first-order chi connectivity index (χ1) is 9.02. The zero-order valence-corrected chi connectivity index (χ0v) is 13.3. The molecule has 0 atom stereocenters. The number of nitrogens with one attached hydrogen (secondary N) is 1. The second kappa shape index (κ2) is 6.19. The van der Waals surface area contributed by atoms with E-state index in [2.05, 4.69) is 31.1 Å². The Morgan fingerprint density at radius 3 is 2.95 bits per heavy atom. The Morgan fingerprint density at radius 1 is 1.42 bits per heavy atom. The van der Waals surface area contributed by atoms with Gasteiger partial charge in [-0.15, -0.1) is 0 Å². The molecule has 106 valence electrons. The molecule has 0 bridgehead atoms. The highest BCUT2D eigenvalue weighted by atomic mass is 79.9. The van der Waals surface area contributed by atoms with Crippen LogP contribution >= 0.6 is 15.9 Å². The lowest BCUT2D eigenvalue weighted by Crippen LogP contribution is -2.29. The molecule has 1 fully saturated rings. The van der Waals surface area contributed by atoms with Crippen molar-refractivity contribution in [3.8, 4) is 0 Å². The van der Waals surface area contributed by atoms with Crippen LogP contribution in [0.1, 0.15) is 12.0 Å². The lowest BCUT2D eigenvalue weighted by Gasteiger charge is -2.23. The normalized spacial score (nSPS) is 19.2. The molecule has 2 rings (SSSR count). The molecule has 1 aromatic heterocycles. The summed E-state index contributed by atoms with van der Waals surface area (Å²) in [4.78, 5) is 6.53. The van der Waals surface area contributed by atoms with E-state index in [4.69, 9.17) is 0 Å². The van der Waals surface area contributed by atoms with Gasteiger partial charge in [-0.2, -0.15) is 0 Å². The van der Waals surface area contributed by atoms with E-state index in [-0.39, 0.29) is 11.5 Å². The lowest BCUT2D eigenvalue weighted by atomic mass is 10.2. The number of pyridine rings is 1. The number of hydrogen-bond donors (Lipinski definition) is 1. The minimum atomic E-state index is -2.89. The highest BCUT2D eigenvalue weighted by Crippen LogP contribution is 2.23. The molecule has 1 aliphatic rings. The zero-order valence-electron chi connectivity index (χ0n) is 10.9. The van der Waals surface area contributed by atoms with E-state index in [9.17, 15) is 8.42 Å². The summed E-state index contributed by atoms with van der Waals surface area (Å²) in [7, 11) is -1.00. The van der Waals surface area contributed by atoms with Crippen LogP contribution in [-0.4, -0.2) is 45.0 Å². The largest absolute Gasteiger partial charge is 0.355 e. The molecule has 19 heavy (non-hydrogen) atoms. The average Bonchev–Trinajstić information content (AvgIpc) is 2.51. The Kier molecular flexibility index (Phi) is 4.81. The summed E-state index contributed by atoms with van der Waals surface area (Å²) in [5, 5.41) is 3.12. The molecule has 2 heterocycles. The molecular weight excluding hydrogens is 330 g/mol. The minimum absolute atomic E-state index is 0.212. The van der Waals surface area contributed by atoms with Crippen LogP contribution in [0.2, 0.25) is 0 Å². The van der Waals surface area contributed by atoms with Crippen LogP contribution < -0.4 is 10.2 Å². The van der Waals surface area contributed by atoms with Crippen molar-refractivity contribution in [3.63, 3.8) is 0 Å². The second-order valence-corrected chi connectivity index (χ2v) is 7.88. The standard InChI is InChI=1S/C12H18BrN3O2S/c1-14-8-10-7-11(13)9-15-12(10)16-3-2-5-19(17,18)6-4-16/h7,9,14H,2-6,8H2,1H3. The maximum absolute atomic E-state index is 11.6. The molecular formula is C12H18BrN3O2S. The van der Waals surface area contributed by atoms with Crippen molar-refractivity contribution in [2.45, 2.75) is 13.0 Å². The summed E-state index contributed by atoms with van der Waals surface area (Å²) in [6.45, 7) is 1.98. The number of hydrogen-bond acceptors (Lipinski definition) is 5. The third-order valence-corrected chi connectivity index (χ3v) is 5.28. The summed E-state index contributed by atoms with van der Waals surface area (Å²) in [5.41, 5.74) is 1.08. The number of halogens is 1. The smallest absolute Gasteiger partial charge is 0.152 e. The molecule has 1 saturated heterocycles. The molecule has 1 aromatic rings. The first kappa shape index (κ1) is 14.7. The van der Waals surface area contributed by atoms with Gasteiger partial charge < -0.3 is 10.2 Å². The molecule has 1 N–H and O–H groups in total. The van der Waals surface area contributed by atoms with Gasteiger partial charge in [0.25, 0.3) is 0 Å². The molecule has 0 radical (unpaired) electrons. The van der Waals surface area contributed by atoms with Crippen molar-refractivity contribution in [1.29, 1.82) is 0 Å². The Labute approximate surface area is 122 Å². The van der Waals surface area contributed by atoms with E-state index < -0.39 is 9.84 Å². The molecule has 0 saturated carbocycles. The van der Waals surface area contributed by atoms with Crippen molar-refractivity contribution >= 4 is 31.6 Å². The topological polar surface area (TPSA) is 62.3 Å².